The van der Waals surface area contributed by atoms with Crippen LogP contribution in [0.4, 0.5) is 10.7 Å². The molecule has 0 spiro atoms. The van der Waals surface area contributed by atoms with E-state index in [-0.39, 0.29) is 11.1 Å². The van der Waals surface area contributed by atoms with Gasteiger partial charge >= 0.3 is 0 Å². The number of fused-ring (bicyclic) bond motifs is 1. The third-order valence-corrected chi connectivity index (χ3v) is 8.00. The van der Waals surface area contributed by atoms with Gasteiger partial charge in [0.25, 0.3) is 11.1 Å². The second kappa shape index (κ2) is 11.3. The van der Waals surface area contributed by atoms with Crippen LogP contribution in [0.5, 0.6) is 0 Å². The SMILES string of the molecule is O=C1NC(=O)/C(=C\c2ccnc(N3CCC(CNCc4ccccc4-c4ccnc5ccccc45)CC3)n2)S1. The molecule has 2 N–H and O–H groups in total. The van der Waals surface area contributed by atoms with Crippen LogP contribution < -0.4 is 15.5 Å². The average molecular weight is 537 g/mol. The van der Waals surface area contributed by atoms with E-state index in [2.05, 4.69) is 79.0 Å². The fourth-order valence-electron chi connectivity index (χ4n) is 5.17. The van der Waals surface area contributed by atoms with Gasteiger partial charge in [-0.15, -0.1) is 0 Å². The van der Waals surface area contributed by atoms with Crippen molar-refractivity contribution in [2.75, 3.05) is 24.5 Å². The van der Waals surface area contributed by atoms with Crippen molar-refractivity contribution in [2.24, 2.45) is 5.92 Å². The summed E-state index contributed by atoms with van der Waals surface area (Å²) in [7, 11) is 0. The molecule has 2 aromatic heterocycles. The number of rotatable bonds is 7. The minimum absolute atomic E-state index is 0.355. The van der Waals surface area contributed by atoms with Crippen LogP contribution in [-0.2, 0) is 11.3 Å². The number of hydrogen-bond acceptors (Lipinski definition) is 8. The molecule has 0 atom stereocenters. The Bertz CT molecular complexity index is 1560. The van der Waals surface area contributed by atoms with E-state index >= 15 is 0 Å². The highest BCUT2D eigenvalue weighted by Crippen LogP contribution is 2.30. The maximum absolute atomic E-state index is 11.8. The molecule has 2 aliphatic rings. The van der Waals surface area contributed by atoms with Crippen molar-refractivity contribution in [3.63, 3.8) is 0 Å². The highest BCUT2D eigenvalue weighted by molar-refractivity contribution is 8.18. The van der Waals surface area contributed by atoms with Crippen LogP contribution >= 0.6 is 11.8 Å². The first-order valence-electron chi connectivity index (χ1n) is 13.1. The largest absolute Gasteiger partial charge is 0.341 e. The van der Waals surface area contributed by atoms with Crippen LogP contribution in [0.3, 0.4) is 0 Å². The lowest BCUT2D eigenvalue weighted by Crippen LogP contribution is -2.38. The molecular formula is C30H28N6O2S. The summed E-state index contributed by atoms with van der Waals surface area (Å²) in [5.74, 6) is 0.851. The van der Waals surface area contributed by atoms with Crippen LogP contribution in [0.1, 0.15) is 24.1 Å². The summed E-state index contributed by atoms with van der Waals surface area (Å²) in [5, 5.41) is 6.78. The van der Waals surface area contributed by atoms with Gasteiger partial charge in [0.05, 0.1) is 16.1 Å². The number of hydrogen-bond donors (Lipinski definition) is 2. The average Bonchev–Trinajstić information content (AvgIpc) is 3.29. The number of benzene rings is 2. The Balaban J connectivity index is 1.05. The lowest BCUT2D eigenvalue weighted by Gasteiger charge is -2.32. The third-order valence-electron chi connectivity index (χ3n) is 7.19. The highest BCUT2D eigenvalue weighted by Gasteiger charge is 2.26. The molecule has 2 saturated heterocycles. The molecule has 9 heteroatoms. The van der Waals surface area contributed by atoms with Gasteiger partial charge in [-0.2, -0.15) is 0 Å². The molecule has 4 heterocycles. The zero-order chi connectivity index (χ0) is 26.6. The number of anilines is 1. The molecule has 0 radical (unpaired) electrons. The maximum atomic E-state index is 11.8. The van der Waals surface area contributed by atoms with E-state index in [0.717, 1.165) is 56.3 Å². The summed E-state index contributed by atoms with van der Waals surface area (Å²) >= 11 is 0.894. The van der Waals surface area contributed by atoms with Crippen molar-refractivity contribution in [3.05, 3.63) is 89.2 Å². The molecule has 4 aromatic rings. The number of nitrogens with zero attached hydrogens (tertiary/aromatic N) is 4. The topological polar surface area (TPSA) is 100 Å². The molecule has 0 saturated carbocycles. The minimum Gasteiger partial charge on any atom is -0.341 e. The summed E-state index contributed by atoms with van der Waals surface area (Å²) in [4.78, 5) is 39.4. The predicted octanol–water partition coefficient (Wildman–Crippen LogP) is 5.02. The fraction of sp³-hybridized carbons (Fsp3) is 0.233. The highest BCUT2D eigenvalue weighted by atomic mass is 32.2. The second-order valence-corrected chi connectivity index (χ2v) is 10.7. The minimum atomic E-state index is -0.379. The van der Waals surface area contributed by atoms with Crippen molar-refractivity contribution in [1.29, 1.82) is 0 Å². The Hall–Kier alpha value is -4.08. The van der Waals surface area contributed by atoms with E-state index in [1.54, 1.807) is 18.3 Å². The first-order chi connectivity index (χ1) is 19.1. The smallest absolute Gasteiger partial charge is 0.290 e. The number of carbonyl (C=O) groups excluding carboxylic acids is 2. The second-order valence-electron chi connectivity index (χ2n) is 9.73. The van der Waals surface area contributed by atoms with E-state index in [1.807, 2.05) is 12.3 Å². The number of imide groups is 1. The van der Waals surface area contributed by atoms with E-state index in [1.165, 1.54) is 22.1 Å². The number of amides is 2. The molecule has 0 bridgehead atoms. The lowest BCUT2D eigenvalue weighted by atomic mass is 9.95. The number of carbonyl (C=O) groups is 2. The van der Waals surface area contributed by atoms with Crippen molar-refractivity contribution in [2.45, 2.75) is 19.4 Å². The summed E-state index contributed by atoms with van der Waals surface area (Å²) in [6.45, 7) is 3.51. The number of para-hydroxylation sites is 1. The van der Waals surface area contributed by atoms with Crippen molar-refractivity contribution in [1.82, 2.24) is 25.6 Å². The molecular weight excluding hydrogens is 508 g/mol. The molecule has 2 aliphatic heterocycles. The quantitative estimate of drug-likeness (QED) is 0.318. The van der Waals surface area contributed by atoms with Gasteiger partial charge in [-0.05, 0) is 78.0 Å². The monoisotopic (exact) mass is 536 g/mol. The zero-order valence-corrected chi connectivity index (χ0v) is 22.2. The third kappa shape index (κ3) is 5.69. The summed E-state index contributed by atoms with van der Waals surface area (Å²) in [6, 6.07) is 20.7. The Morgan fingerprint density at radius 2 is 1.74 bits per heavy atom. The number of nitrogens with one attached hydrogen (secondary N) is 2. The van der Waals surface area contributed by atoms with E-state index < -0.39 is 0 Å². The van der Waals surface area contributed by atoms with Gasteiger partial charge in [-0.3, -0.25) is 19.9 Å². The normalized spacial score (nSPS) is 17.2. The molecule has 0 aliphatic carbocycles. The first kappa shape index (κ1) is 25.2. The molecule has 2 fully saturated rings. The number of thioether (sulfide) groups is 1. The molecule has 39 heavy (non-hydrogen) atoms. The Morgan fingerprint density at radius 1 is 0.949 bits per heavy atom. The van der Waals surface area contributed by atoms with Gasteiger partial charge in [-0.1, -0.05) is 42.5 Å². The van der Waals surface area contributed by atoms with Gasteiger partial charge in [0, 0.05) is 37.4 Å². The lowest BCUT2D eigenvalue weighted by molar-refractivity contribution is -0.115. The Labute approximate surface area is 231 Å². The summed E-state index contributed by atoms with van der Waals surface area (Å²) < 4.78 is 0. The fourth-order valence-corrected chi connectivity index (χ4v) is 5.83. The van der Waals surface area contributed by atoms with Crippen molar-refractivity contribution >= 4 is 45.8 Å². The molecule has 2 aromatic carbocycles. The molecule has 2 amide bonds. The van der Waals surface area contributed by atoms with Crippen LogP contribution in [0.15, 0.2) is 78.0 Å². The van der Waals surface area contributed by atoms with Crippen molar-refractivity contribution in [3.8, 4) is 11.1 Å². The maximum Gasteiger partial charge on any atom is 0.290 e. The van der Waals surface area contributed by atoms with E-state index in [0.29, 0.717) is 22.5 Å². The number of aromatic nitrogens is 3. The summed E-state index contributed by atoms with van der Waals surface area (Å²) in [6.07, 6.45) is 7.32. The van der Waals surface area contributed by atoms with Gasteiger partial charge in [0.15, 0.2) is 0 Å². The first-order valence-corrected chi connectivity index (χ1v) is 13.9. The van der Waals surface area contributed by atoms with Gasteiger partial charge in [0.1, 0.15) is 0 Å². The molecule has 0 unspecified atom stereocenters. The molecule has 6 rings (SSSR count). The Morgan fingerprint density at radius 3 is 2.59 bits per heavy atom. The number of piperidine rings is 1. The molecule has 196 valence electrons. The molecule has 8 nitrogen and oxygen atoms in total. The number of pyridine rings is 1. The van der Waals surface area contributed by atoms with Crippen LogP contribution in [0, 0.1) is 5.92 Å². The summed E-state index contributed by atoms with van der Waals surface area (Å²) in [5.41, 5.74) is 5.36. The van der Waals surface area contributed by atoms with E-state index in [9.17, 15) is 9.59 Å². The standard InChI is InChI=1S/C30H28N6O2S/c37-28-27(39-30(38)35-28)17-22-9-13-33-29(34-22)36-15-11-20(12-16-36)18-31-19-21-5-1-2-6-23(21)24-10-14-32-26-8-4-3-7-25(24)26/h1-10,13-14,17,20,31H,11-12,15-16,18-19H2,(H,35,37,38)/b27-17+. The van der Waals surface area contributed by atoms with Gasteiger partial charge in [0.2, 0.25) is 5.95 Å². The van der Waals surface area contributed by atoms with Crippen molar-refractivity contribution < 1.29 is 9.59 Å². The van der Waals surface area contributed by atoms with Gasteiger partial charge < -0.3 is 10.2 Å². The van der Waals surface area contributed by atoms with Crippen LogP contribution in [0.25, 0.3) is 28.1 Å². The predicted molar refractivity (Wildman–Crippen MR) is 155 cm³/mol. The zero-order valence-electron chi connectivity index (χ0n) is 21.3. The van der Waals surface area contributed by atoms with Gasteiger partial charge in [-0.25, -0.2) is 9.97 Å². The van der Waals surface area contributed by atoms with E-state index in [4.69, 9.17) is 0 Å². The Kier molecular flexibility index (Phi) is 7.33. The van der Waals surface area contributed by atoms with Crippen LogP contribution in [-0.4, -0.2) is 45.7 Å². The van der Waals surface area contributed by atoms with Crippen LogP contribution in [0.2, 0.25) is 0 Å².